The number of anilines is 1. The molecule has 1 heterocycles. The van der Waals surface area contributed by atoms with Crippen molar-refractivity contribution in [3.63, 3.8) is 0 Å². The van der Waals surface area contributed by atoms with Crippen LogP contribution in [0.3, 0.4) is 0 Å². The predicted molar refractivity (Wildman–Crippen MR) is 65.7 cm³/mol. The van der Waals surface area contributed by atoms with Gasteiger partial charge >= 0.3 is 12.1 Å². The Bertz CT molecular complexity index is 484. The van der Waals surface area contributed by atoms with Crippen LogP contribution in [0.2, 0.25) is 0 Å². The number of ether oxygens (including phenoxy) is 1. The summed E-state index contributed by atoms with van der Waals surface area (Å²) in [5.74, 6) is -1.02. The molecule has 1 aliphatic rings. The fourth-order valence-electron chi connectivity index (χ4n) is 2.07. The van der Waals surface area contributed by atoms with Crippen molar-refractivity contribution in [1.29, 1.82) is 0 Å². The highest BCUT2D eigenvalue weighted by Gasteiger charge is 2.39. The molecule has 0 radical (unpaired) electrons. The van der Waals surface area contributed by atoms with Crippen LogP contribution in [0.15, 0.2) is 24.3 Å². The topological polar surface area (TPSA) is 66.8 Å². The van der Waals surface area contributed by atoms with E-state index >= 15 is 0 Å². The minimum atomic E-state index is -1.02. The smallest absolute Gasteiger partial charge is 0.415 e. The highest BCUT2D eigenvalue weighted by atomic mass is 16.6. The Morgan fingerprint density at radius 3 is 2.67 bits per heavy atom. The molecule has 0 saturated heterocycles. The SMILES string of the molecule is CC(C)OC(=O)N1c2ccccc2C[C@H]1C(=O)O. The normalized spacial score (nSPS) is 17.7. The number of para-hydroxylation sites is 1. The van der Waals surface area contributed by atoms with Gasteiger partial charge in [0.25, 0.3) is 0 Å². The minimum absolute atomic E-state index is 0.278. The maximum atomic E-state index is 12.0. The molecular formula is C13H15NO4. The fraction of sp³-hybridized carbons (Fsp3) is 0.385. The van der Waals surface area contributed by atoms with Gasteiger partial charge in [0.05, 0.1) is 11.8 Å². The van der Waals surface area contributed by atoms with E-state index in [-0.39, 0.29) is 6.10 Å². The number of carboxylic acid groups (broad SMARTS) is 1. The predicted octanol–water partition coefficient (Wildman–Crippen LogP) is 2.05. The van der Waals surface area contributed by atoms with E-state index in [1.54, 1.807) is 26.0 Å². The first-order chi connectivity index (χ1) is 8.50. The zero-order valence-corrected chi connectivity index (χ0v) is 10.3. The van der Waals surface area contributed by atoms with Gasteiger partial charge in [-0.1, -0.05) is 18.2 Å². The first-order valence-corrected chi connectivity index (χ1v) is 5.81. The molecule has 0 aromatic heterocycles. The highest BCUT2D eigenvalue weighted by Crippen LogP contribution is 2.32. The van der Waals surface area contributed by atoms with Gasteiger partial charge in [0, 0.05) is 6.42 Å². The number of hydrogen-bond acceptors (Lipinski definition) is 3. The molecule has 18 heavy (non-hydrogen) atoms. The molecule has 1 aromatic carbocycles. The molecule has 0 fully saturated rings. The zero-order chi connectivity index (χ0) is 13.3. The van der Waals surface area contributed by atoms with Crippen LogP contribution in [0.25, 0.3) is 0 Å². The molecule has 1 atom stereocenters. The molecule has 0 saturated carbocycles. The number of hydrogen-bond donors (Lipinski definition) is 1. The minimum Gasteiger partial charge on any atom is -0.480 e. The van der Waals surface area contributed by atoms with E-state index in [4.69, 9.17) is 4.74 Å². The van der Waals surface area contributed by atoms with Crippen molar-refractivity contribution >= 4 is 17.7 Å². The summed E-state index contributed by atoms with van der Waals surface area (Å²) >= 11 is 0. The summed E-state index contributed by atoms with van der Waals surface area (Å²) in [5.41, 5.74) is 1.47. The zero-order valence-electron chi connectivity index (χ0n) is 10.3. The number of nitrogens with zero attached hydrogens (tertiary/aromatic N) is 1. The maximum absolute atomic E-state index is 12.0. The van der Waals surface area contributed by atoms with Crippen molar-refractivity contribution in [2.45, 2.75) is 32.4 Å². The lowest BCUT2D eigenvalue weighted by Crippen LogP contribution is -2.43. The van der Waals surface area contributed by atoms with Crippen molar-refractivity contribution in [3.05, 3.63) is 29.8 Å². The Balaban J connectivity index is 2.34. The third-order valence-electron chi connectivity index (χ3n) is 2.79. The van der Waals surface area contributed by atoms with Gasteiger partial charge in [0.1, 0.15) is 6.04 Å². The number of aliphatic carboxylic acids is 1. The van der Waals surface area contributed by atoms with Crippen molar-refractivity contribution in [2.24, 2.45) is 0 Å². The van der Waals surface area contributed by atoms with Crippen molar-refractivity contribution in [1.82, 2.24) is 0 Å². The molecule has 0 bridgehead atoms. The van der Waals surface area contributed by atoms with Crippen molar-refractivity contribution in [2.75, 3.05) is 4.90 Å². The number of carbonyl (C=O) groups is 2. The molecule has 0 unspecified atom stereocenters. The summed E-state index contributed by atoms with van der Waals surface area (Å²) < 4.78 is 5.10. The summed E-state index contributed by atoms with van der Waals surface area (Å²) in [5, 5.41) is 9.19. The Hall–Kier alpha value is -2.04. The number of benzene rings is 1. The first-order valence-electron chi connectivity index (χ1n) is 5.81. The van der Waals surface area contributed by atoms with Crippen molar-refractivity contribution < 1.29 is 19.4 Å². The molecule has 1 amide bonds. The molecule has 5 heteroatoms. The van der Waals surface area contributed by atoms with Crippen LogP contribution in [0, 0.1) is 0 Å². The van der Waals surface area contributed by atoms with E-state index in [2.05, 4.69) is 0 Å². The Morgan fingerprint density at radius 1 is 1.39 bits per heavy atom. The van der Waals surface area contributed by atoms with Crippen LogP contribution in [-0.2, 0) is 16.0 Å². The molecule has 0 aliphatic carbocycles. The maximum Gasteiger partial charge on any atom is 0.415 e. The van der Waals surface area contributed by atoms with Gasteiger partial charge in [-0.3, -0.25) is 4.90 Å². The van der Waals surface area contributed by atoms with E-state index in [1.807, 2.05) is 12.1 Å². The largest absolute Gasteiger partial charge is 0.480 e. The Kier molecular flexibility index (Phi) is 3.23. The van der Waals surface area contributed by atoms with Gasteiger partial charge in [-0.25, -0.2) is 9.59 Å². The van der Waals surface area contributed by atoms with E-state index in [1.165, 1.54) is 4.90 Å². The van der Waals surface area contributed by atoms with Crippen LogP contribution in [0.4, 0.5) is 10.5 Å². The third kappa shape index (κ3) is 2.16. The quantitative estimate of drug-likeness (QED) is 0.871. The third-order valence-corrected chi connectivity index (χ3v) is 2.79. The molecule has 0 spiro atoms. The van der Waals surface area contributed by atoms with Gasteiger partial charge < -0.3 is 9.84 Å². The fourth-order valence-corrected chi connectivity index (χ4v) is 2.07. The summed E-state index contributed by atoms with van der Waals surface area (Å²) in [4.78, 5) is 24.4. The van der Waals surface area contributed by atoms with Gasteiger partial charge in [-0.15, -0.1) is 0 Å². The van der Waals surface area contributed by atoms with E-state index < -0.39 is 18.1 Å². The molecule has 1 N–H and O–H groups in total. The van der Waals surface area contributed by atoms with Crippen molar-refractivity contribution in [3.8, 4) is 0 Å². The average molecular weight is 249 g/mol. The van der Waals surface area contributed by atoms with Crippen LogP contribution < -0.4 is 4.90 Å². The molecular weight excluding hydrogens is 234 g/mol. The van der Waals surface area contributed by atoms with Gasteiger partial charge in [-0.05, 0) is 25.5 Å². The van der Waals surface area contributed by atoms with Crippen LogP contribution in [0.5, 0.6) is 0 Å². The first kappa shape index (κ1) is 12.4. The standard InChI is InChI=1S/C13H15NO4/c1-8(2)18-13(17)14-10-6-4-3-5-9(10)7-11(14)12(15)16/h3-6,8,11H,7H2,1-2H3,(H,15,16)/t11-/m0/s1. The van der Waals surface area contributed by atoms with E-state index in [0.717, 1.165) is 5.56 Å². The molecule has 1 aliphatic heterocycles. The highest BCUT2D eigenvalue weighted by molar-refractivity contribution is 5.98. The van der Waals surface area contributed by atoms with Gasteiger partial charge in [0.15, 0.2) is 0 Å². The van der Waals surface area contributed by atoms with E-state index in [0.29, 0.717) is 12.1 Å². The van der Waals surface area contributed by atoms with Crippen LogP contribution in [-0.4, -0.2) is 29.3 Å². The second-order valence-electron chi connectivity index (χ2n) is 4.49. The lowest BCUT2D eigenvalue weighted by atomic mass is 10.1. The number of carboxylic acids is 1. The number of fused-ring (bicyclic) bond motifs is 1. The summed E-state index contributed by atoms with van der Waals surface area (Å²) in [6.45, 7) is 3.46. The second kappa shape index (κ2) is 4.68. The number of amides is 1. The average Bonchev–Trinajstić information content (AvgIpc) is 2.67. The molecule has 96 valence electrons. The lowest BCUT2D eigenvalue weighted by molar-refractivity contribution is -0.138. The van der Waals surface area contributed by atoms with Gasteiger partial charge in [-0.2, -0.15) is 0 Å². The lowest BCUT2D eigenvalue weighted by Gasteiger charge is -2.23. The Morgan fingerprint density at radius 2 is 2.06 bits per heavy atom. The van der Waals surface area contributed by atoms with Gasteiger partial charge in [0.2, 0.25) is 0 Å². The molecule has 1 aromatic rings. The number of rotatable bonds is 2. The molecule has 5 nitrogen and oxygen atoms in total. The van der Waals surface area contributed by atoms with Crippen LogP contribution >= 0.6 is 0 Å². The summed E-state index contributed by atoms with van der Waals surface area (Å²) in [6, 6.07) is 6.29. The van der Waals surface area contributed by atoms with Crippen LogP contribution in [0.1, 0.15) is 19.4 Å². The molecule has 2 rings (SSSR count). The summed E-state index contributed by atoms with van der Waals surface area (Å²) in [6.07, 6.45) is -0.569. The summed E-state index contributed by atoms with van der Waals surface area (Å²) in [7, 11) is 0. The van der Waals surface area contributed by atoms with E-state index in [9.17, 15) is 14.7 Å². The second-order valence-corrected chi connectivity index (χ2v) is 4.49. The Labute approximate surface area is 105 Å². The number of carbonyl (C=O) groups excluding carboxylic acids is 1. The monoisotopic (exact) mass is 249 g/mol.